The van der Waals surface area contributed by atoms with Crippen LogP contribution in [0.5, 0.6) is 0 Å². The normalized spacial score (nSPS) is 26.0. The summed E-state index contributed by atoms with van der Waals surface area (Å²) in [6, 6.07) is 0. The molecule has 0 aromatic heterocycles. The minimum absolute atomic E-state index is 0.340. The van der Waals surface area contributed by atoms with Gasteiger partial charge in [0.25, 0.3) is 0 Å². The summed E-state index contributed by atoms with van der Waals surface area (Å²) >= 11 is 0. The van der Waals surface area contributed by atoms with Crippen LogP contribution in [-0.4, -0.2) is 12.2 Å². The van der Waals surface area contributed by atoms with E-state index in [1.165, 1.54) is 6.42 Å². The molecule has 0 saturated heterocycles. The van der Waals surface area contributed by atoms with Crippen molar-refractivity contribution in [3.8, 4) is 0 Å². The maximum atomic E-state index is 12.1. The lowest BCUT2D eigenvalue weighted by atomic mass is 9.84. The number of alkyl halides is 1. The minimum Gasteiger partial charge on any atom is -0.323 e. The molecule has 2 N–H and O–H groups in total. The van der Waals surface area contributed by atoms with Gasteiger partial charge in [-0.3, -0.25) is 0 Å². The van der Waals surface area contributed by atoms with E-state index in [2.05, 4.69) is 0 Å². The molecule has 54 valence electrons. The van der Waals surface area contributed by atoms with Crippen LogP contribution < -0.4 is 5.73 Å². The van der Waals surface area contributed by atoms with Gasteiger partial charge in [0, 0.05) is 5.54 Å². The molecule has 1 aliphatic carbocycles. The SMILES string of the molecule is NC1(CF)CCCCC1. The summed E-state index contributed by atoms with van der Waals surface area (Å²) in [6.45, 7) is -0.340. The third-order valence-electron chi connectivity index (χ3n) is 2.12. The van der Waals surface area contributed by atoms with Crippen LogP contribution >= 0.6 is 0 Å². The Morgan fingerprint density at radius 1 is 1.22 bits per heavy atom. The Bertz CT molecular complexity index is 86.9. The van der Waals surface area contributed by atoms with Gasteiger partial charge in [0.1, 0.15) is 6.67 Å². The fourth-order valence-electron chi connectivity index (χ4n) is 1.39. The molecule has 0 bridgehead atoms. The van der Waals surface area contributed by atoms with E-state index in [4.69, 9.17) is 5.73 Å². The summed E-state index contributed by atoms with van der Waals surface area (Å²) in [4.78, 5) is 0. The van der Waals surface area contributed by atoms with Crippen LogP contribution in [0.15, 0.2) is 0 Å². The molecular weight excluding hydrogens is 117 g/mol. The van der Waals surface area contributed by atoms with Gasteiger partial charge >= 0.3 is 0 Å². The van der Waals surface area contributed by atoms with E-state index in [1.807, 2.05) is 0 Å². The molecule has 1 saturated carbocycles. The van der Waals surface area contributed by atoms with Crippen molar-refractivity contribution in [3.63, 3.8) is 0 Å². The van der Waals surface area contributed by atoms with Gasteiger partial charge in [-0.05, 0) is 12.8 Å². The zero-order chi connectivity index (χ0) is 6.74. The molecule has 9 heavy (non-hydrogen) atoms. The number of hydrogen-bond donors (Lipinski definition) is 1. The van der Waals surface area contributed by atoms with Crippen molar-refractivity contribution >= 4 is 0 Å². The monoisotopic (exact) mass is 131 g/mol. The number of nitrogens with two attached hydrogens (primary N) is 1. The Kier molecular flexibility index (Phi) is 2.06. The summed E-state index contributed by atoms with van der Waals surface area (Å²) in [6.07, 6.45) is 5.22. The van der Waals surface area contributed by atoms with Crippen LogP contribution in [0.2, 0.25) is 0 Å². The molecule has 0 heterocycles. The Morgan fingerprint density at radius 2 is 1.78 bits per heavy atom. The van der Waals surface area contributed by atoms with Crippen LogP contribution in [0.25, 0.3) is 0 Å². The minimum atomic E-state index is -0.446. The number of halogens is 1. The molecule has 0 atom stereocenters. The van der Waals surface area contributed by atoms with Crippen LogP contribution in [0, 0.1) is 0 Å². The van der Waals surface area contributed by atoms with Crippen LogP contribution in [-0.2, 0) is 0 Å². The van der Waals surface area contributed by atoms with Gasteiger partial charge in [-0.2, -0.15) is 0 Å². The highest BCUT2D eigenvalue weighted by atomic mass is 19.1. The molecule has 0 unspecified atom stereocenters. The van der Waals surface area contributed by atoms with E-state index in [0.717, 1.165) is 25.7 Å². The molecule has 0 aromatic carbocycles. The summed E-state index contributed by atoms with van der Waals surface area (Å²) in [7, 11) is 0. The van der Waals surface area contributed by atoms with Crippen molar-refractivity contribution < 1.29 is 4.39 Å². The lowest BCUT2D eigenvalue weighted by Gasteiger charge is -2.29. The fraction of sp³-hybridized carbons (Fsp3) is 1.00. The molecule has 1 fully saturated rings. The Hall–Kier alpha value is -0.110. The maximum absolute atomic E-state index is 12.1. The molecule has 2 heteroatoms. The third-order valence-corrected chi connectivity index (χ3v) is 2.12. The topological polar surface area (TPSA) is 26.0 Å². The highest BCUT2D eigenvalue weighted by Gasteiger charge is 2.26. The molecule has 1 aliphatic rings. The molecule has 0 radical (unpaired) electrons. The van der Waals surface area contributed by atoms with Gasteiger partial charge in [-0.25, -0.2) is 4.39 Å². The van der Waals surface area contributed by atoms with E-state index in [-0.39, 0.29) is 6.67 Å². The second kappa shape index (κ2) is 2.65. The average Bonchev–Trinajstić information content (AvgIpc) is 1.90. The van der Waals surface area contributed by atoms with Crippen molar-refractivity contribution in [1.29, 1.82) is 0 Å². The second-order valence-electron chi connectivity index (χ2n) is 3.06. The van der Waals surface area contributed by atoms with Gasteiger partial charge in [0.05, 0.1) is 0 Å². The first kappa shape index (κ1) is 7.00. The fourth-order valence-corrected chi connectivity index (χ4v) is 1.39. The smallest absolute Gasteiger partial charge is 0.107 e. The van der Waals surface area contributed by atoms with Gasteiger partial charge in [0.2, 0.25) is 0 Å². The molecule has 0 spiro atoms. The lowest BCUT2D eigenvalue weighted by Crippen LogP contribution is -2.43. The quantitative estimate of drug-likeness (QED) is 0.575. The van der Waals surface area contributed by atoms with Crippen molar-refractivity contribution in [3.05, 3.63) is 0 Å². The van der Waals surface area contributed by atoms with Crippen LogP contribution in [0.1, 0.15) is 32.1 Å². The Balaban J connectivity index is 2.37. The standard InChI is InChI=1S/C7H14FN/c8-6-7(9)4-2-1-3-5-7/h1-6,9H2. The zero-order valence-electron chi connectivity index (χ0n) is 5.70. The molecule has 0 aromatic rings. The Labute approximate surface area is 55.4 Å². The second-order valence-corrected chi connectivity index (χ2v) is 3.06. The van der Waals surface area contributed by atoms with Crippen LogP contribution in [0.4, 0.5) is 4.39 Å². The zero-order valence-corrected chi connectivity index (χ0v) is 5.70. The van der Waals surface area contributed by atoms with E-state index >= 15 is 0 Å². The summed E-state index contributed by atoms with van der Waals surface area (Å²) in [5.74, 6) is 0. The summed E-state index contributed by atoms with van der Waals surface area (Å²) in [5.41, 5.74) is 5.24. The van der Waals surface area contributed by atoms with Gasteiger partial charge in [0.15, 0.2) is 0 Å². The summed E-state index contributed by atoms with van der Waals surface area (Å²) in [5, 5.41) is 0. The molecule has 0 amide bonds. The predicted molar refractivity (Wildman–Crippen MR) is 36.0 cm³/mol. The first-order chi connectivity index (χ1) is 4.27. The first-order valence-electron chi connectivity index (χ1n) is 3.62. The van der Waals surface area contributed by atoms with Crippen molar-refractivity contribution in [1.82, 2.24) is 0 Å². The van der Waals surface area contributed by atoms with Crippen molar-refractivity contribution in [2.45, 2.75) is 37.6 Å². The molecule has 1 nitrogen and oxygen atoms in total. The molecular formula is C7H14FN. The van der Waals surface area contributed by atoms with E-state index < -0.39 is 5.54 Å². The van der Waals surface area contributed by atoms with E-state index in [0.29, 0.717) is 0 Å². The third kappa shape index (κ3) is 1.65. The summed E-state index contributed by atoms with van der Waals surface area (Å²) < 4.78 is 12.1. The van der Waals surface area contributed by atoms with Gasteiger partial charge in [-0.15, -0.1) is 0 Å². The highest BCUT2D eigenvalue weighted by Crippen LogP contribution is 2.25. The first-order valence-corrected chi connectivity index (χ1v) is 3.62. The molecule has 0 aliphatic heterocycles. The van der Waals surface area contributed by atoms with Crippen LogP contribution in [0.3, 0.4) is 0 Å². The van der Waals surface area contributed by atoms with Crippen molar-refractivity contribution in [2.24, 2.45) is 5.73 Å². The lowest BCUT2D eigenvalue weighted by molar-refractivity contribution is 0.231. The van der Waals surface area contributed by atoms with E-state index in [1.54, 1.807) is 0 Å². The van der Waals surface area contributed by atoms with Gasteiger partial charge < -0.3 is 5.73 Å². The largest absolute Gasteiger partial charge is 0.323 e. The molecule has 1 rings (SSSR count). The Morgan fingerprint density at radius 3 is 2.11 bits per heavy atom. The van der Waals surface area contributed by atoms with Crippen molar-refractivity contribution in [2.75, 3.05) is 6.67 Å². The maximum Gasteiger partial charge on any atom is 0.107 e. The van der Waals surface area contributed by atoms with Gasteiger partial charge in [-0.1, -0.05) is 19.3 Å². The number of hydrogen-bond acceptors (Lipinski definition) is 1. The highest BCUT2D eigenvalue weighted by molar-refractivity contribution is 4.86. The van der Waals surface area contributed by atoms with E-state index in [9.17, 15) is 4.39 Å². The predicted octanol–water partition coefficient (Wildman–Crippen LogP) is 1.62. The number of rotatable bonds is 1. The average molecular weight is 131 g/mol.